The fourth-order valence-corrected chi connectivity index (χ4v) is 4.19. The van der Waals surface area contributed by atoms with E-state index in [9.17, 15) is 4.79 Å². The van der Waals surface area contributed by atoms with Crippen LogP contribution < -0.4 is 5.32 Å². The fourth-order valence-electron chi connectivity index (χ4n) is 3.25. The second kappa shape index (κ2) is 7.37. The lowest BCUT2D eigenvalue weighted by Crippen LogP contribution is -2.12. The molecule has 0 spiro atoms. The maximum absolute atomic E-state index is 12.7. The quantitative estimate of drug-likeness (QED) is 0.499. The van der Waals surface area contributed by atoms with E-state index in [-0.39, 0.29) is 5.91 Å². The number of carbonyl (C=O) groups is 1. The van der Waals surface area contributed by atoms with Gasteiger partial charge in [0.15, 0.2) is 0 Å². The average Bonchev–Trinajstić information content (AvgIpc) is 3.28. The van der Waals surface area contributed by atoms with E-state index in [1.165, 1.54) is 0 Å². The summed E-state index contributed by atoms with van der Waals surface area (Å²) in [5.74, 6) is 1.36. The van der Waals surface area contributed by atoms with Crippen LogP contribution in [0, 0.1) is 0 Å². The van der Waals surface area contributed by atoms with Crippen molar-refractivity contribution >= 4 is 33.0 Å². The molecule has 0 unspecified atom stereocenters. The van der Waals surface area contributed by atoms with E-state index in [1.807, 2.05) is 60.2 Å². The molecule has 4 aromatic rings. The lowest BCUT2D eigenvalue weighted by molar-refractivity contribution is 0.102. The first kappa shape index (κ1) is 17.5. The van der Waals surface area contributed by atoms with Gasteiger partial charge in [-0.05, 0) is 23.8 Å². The maximum Gasteiger partial charge on any atom is 0.257 e. The zero-order chi connectivity index (χ0) is 18.8. The first-order valence-corrected chi connectivity index (χ1v) is 9.87. The summed E-state index contributed by atoms with van der Waals surface area (Å²) in [5.41, 5.74) is 2.65. The van der Waals surface area contributed by atoms with Crippen molar-refractivity contribution in [1.29, 1.82) is 0 Å². The number of anilines is 1. The molecule has 0 radical (unpaired) electrons. The van der Waals surface area contributed by atoms with Crippen LogP contribution in [0.1, 0.15) is 41.5 Å². The Morgan fingerprint density at radius 3 is 2.89 bits per heavy atom. The smallest absolute Gasteiger partial charge is 0.257 e. The number of carbonyl (C=O) groups excluding carboxylic acids is 1. The SMILES string of the molecule is CC(C)c1nccn1Cc1cccc(NC(=O)c2csc3ccccc23)c1. The molecule has 0 aliphatic heterocycles. The van der Waals surface area contributed by atoms with Crippen molar-refractivity contribution in [3.05, 3.63) is 83.3 Å². The number of rotatable bonds is 5. The third-order valence-corrected chi connectivity index (χ3v) is 5.49. The van der Waals surface area contributed by atoms with Gasteiger partial charge in [0.05, 0.1) is 5.56 Å². The van der Waals surface area contributed by atoms with E-state index < -0.39 is 0 Å². The fraction of sp³-hybridized carbons (Fsp3) is 0.182. The Hall–Kier alpha value is -2.92. The second-order valence-corrected chi connectivity index (χ2v) is 7.78. The van der Waals surface area contributed by atoms with Gasteiger partial charge in [0, 0.05) is 46.0 Å². The first-order valence-electron chi connectivity index (χ1n) is 8.99. The van der Waals surface area contributed by atoms with Crippen molar-refractivity contribution in [2.75, 3.05) is 5.32 Å². The number of aromatic nitrogens is 2. The highest BCUT2D eigenvalue weighted by molar-refractivity contribution is 7.17. The molecule has 0 atom stereocenters. The van der Waals surface area contributed by atoms with Crippen LogP contribution in [0.5, 0.6) is 0 Å². The second-order valence-electron chi connectivity index (χ2n) is 6.87. The van der Waals surface area contributed by atoms with Gasteiger partial charge in [-0.15, -0.1) is 11.3 Å². The van der Waals surface area contributed by atoms with Crippen molar-refractivity contribution in [1.82, 2.24) is 9.55 Å². The Bertz CT molecular complexity index is 1090. The predicted molar refractivity (Wildman–Crippen MR) is 112 cm³/mol. The third-order valence-electron chi connectivity index (χ3n) is 4.53. The summed E-state index contributed by atoms with van der Waals surface area (Å²) in [6.07, 6.45) is 3.83. The maximum atomic E-state index is 12.7. The van der Waals surface area contributed by atoms with Crippen molar-refractivity contribution < 1.29 is 4.79 Å². The molecule has 5 heteroatoms. The molecule has 0 saturated carbocycles. The summed E-state index contributed by atoms with van der Waals surface area (Å²) in [6, 6.07) is 16.0. The number of nitrogens with zero attached hydrogens (tertiary/aromatic N) is 2. The summed E-state index contributed by atoms with van der Waals surface area (Å²) < 4.78 is 3.27. The number of amides is 1. The Morgan fingerprint density at radius 2 is 2.04 bits per heavy atom. The number of fused-ring (bicyclic) bond motifs is 1. The molecular formula is C22H21N3OS. The molecule has 0 aliphatic carbocycles. The molecule has 27 heavy (non-hydrogen) atoms. The van der Waals surface area contributed by atoms with Crippen LogP contribution in [0.2, 0.25) is 0 Å². The van der Waals surface area contributed by atoms with Crippen molar-refractivity contribution in [2.45, 2.75) is 26.3 Å². The molecule has 0 bridgehead atoms. The number of benzene rings is 2. The lowest BCUT2D eigenvalue weighted by atomic mass is 10.1. The highest BCUT2D eigenvalue weighted by Gasteiger charge is 2.13. The highest BCUT2D eigenvalue weighted by Crippen LogP contribution is 2.26. The van der Waals surface area contributed by atoms with E-state index in [4.69, 9.17) is 0 Å². The monoisotopic (exact) mass is 375 g/mol. The van der Waals surface area contributed by atoms with Crippen molar-refractivity contribution in [3.63, 3.8) is 0 Å². The Morgan fingerprint density at radius 1 is 1.19 bits per heavy atom. The van der Waals surface area contributed by atoms with E-state index in [2.05, 4.69) is 34.8 Å². The lowest BCUT2D eigenvalue weighted by Gasteiger charge is -2.12. The predicted octanol–water partition coefficient (Wildman–Crippen LogP) is 5.52. The Balaban J connectivity index is 1.54. The third kappa shape index (κ3) is 3.64. The normalized spacial score (nSPS) is 11.2. The zero-order valence-electron chi connectivity index (χ0n) is 15.3. The molecular weight excluding hydrogens is 354 g/mol. The van der Waals surface area contributed by atoms with Crippen LogP contribution in [0.15, 0.2) is 66.3 Å². The van der Waals surface area contributed by atoms with Gasteiger partial charge >= 0.3 is 0 Å². The summed E-state index contributed by atoms with van der Waals surface area (Å²) in [5, 5.41) is 5.95. The minimum atomic E-state index is -0.0740. The molecule has 4 rings (SSSR count). The zero-order valence-corrected chi connectivity index (χ0v) is 16.2. The summed E-state index contributed by atoms with van der Waals surface area (Å²) in [6.45, 7) is 5.01. The van der Waals surface area contributed by atoms with E-state index in [0.29, 0.717) is 5.92 Å². The molecule has 0 aliphatic rings. The van der Waals surface area contributed by atoms with E-state index in [1.54, 1.807) is 11.3 Å². The van der Waals surface area contributed by atoms with Crippen molar-refractivity contribution in [2.24, 2.45) is 0 Å². The van der Waals surface area contributed by atoms with Gasteiger partial charge in [-0.1, -0.05) is 44.2 Å². The number of hydrogen-bond acceptors (Lipinski definition) is 3. The average molecular weight is 375 g/mol. The highest BCUT2D eigenvalue weighted by atomic mass is 32.1. The molecule has 1 amide bonds. The molecule has 4 nitrogen and oxygen atoms in total. The van der Waals surface area contributed by atoms with Crippen LogP contribution in [-0.2, 0) is 6.54 Å². The van der Waals surface area contributed by atoms with Gasteiger partial charge in [-0.3, -0.25) is 4.79 Å². The Kier molecular flexibility index (Phi) is 4.77. The summed E-state index contributed by atoms with van der Waals surface area (Å²) >= 11 is 1.59. The minimum Gasteiger partial charge on any atom is -0.330 e. The van der Waals surface area contributed by atoms with Gasteiger partial charge in [-0.25, -0.2) is 4.98 Å². The number of imidazole rings is 1. The minimum absolute atomic E-state index is 0.0740. The van der Waals surface area contributed by atoms with Crippen LogP contribution in [0.4, 0.5) is 5.69 Å². The van der Waals surface area contributed by atoms with Gasteiger partial charge in [0.25, 0.3) is 5.91 Å². The first-order chi connectivity index (χ1) is 13.1. The molecule has 2 heterocycles. The van der Waals surface area contributed by atoms with Crippen LogP contribution in [0.3, 0.4) is 0 Å². The number of thiophene rings is 1. The van der Waals surface area contributed by atoms with Crippen molar-refractivity contribution in [3.8, 4) is 0 Å². The summed E-state index contributed by atoms with van der Waals surface area (Å²) in [7, 11) is 0. The number of nitrogens with one attached hydrogen (secondary N) is 1. The van der Waals surface area contributed by atoms with E-state index in [0.717, 1.165) is 39.3 Å². The number of hydrogen-bond donors (Lipinski definition) is 1. The van der Waals surface area contributed by atoms with Gasteiger partial charge < -0.3 is 9.88 Å². The standard InChI is InChI=1S/C22H21N3OS/c1-15(2)21-23-10-11-25(21)13-16-6-5-7-17(12-16)24-22(26)19-14-27-20-9-4-3-8-18(19)20/h3-12,14-15H,13H2,1-2H3,(H,24,26). The summed E-state index contributed by atoms with van der Waals surface area (Å²) in [4.78, 5) is 17.2. The van der Waals surface area contributed by atoms with Gasteiger partial charge in [-0.2, -0.15) is 0 Å². The molecule has 0 fully saturated rings. The van der Waals surface area contributed by atoms with Crippen LogP contribution >= 0.6 is 11.3 Å². The molecule has 2 aromatic carbocycles. The molecule has 136 valence electrons. The van der Waals surface area contributed by atoms with Gasteiger partial charge in [0.1, 0.15) is 5.82 Å². The molecule has 1 N–H and O–H groups in total. The topological polar surface area (TPSA) is 46.9 Å². The molecule has 0 saturated heterocycles. The van der Waals surface area contributed by atoms with Gasteiger partial charge in [0.2, 0.25) is 0 Å². The Labute approximate surface area is 162 Å². The largest absolute Gasteiger partial charge is 0.330 e. The van der Waals surface area contributed by atoms with Crippen LogP contribution in [-0.4, -0.2) is 15.5 Å². The van der Waals surface area contributed by atoms with E-state index >= 15 is 0 Å². The van der Waals surface area contributed by atoms with Crippen LogP contribution in [0.25, 0.3) is 10.1 Å². The molecule has 2 aromatic heterocycles.